The maximum absolute atomic E-state index is 12.9. The van der Waals surface area contributed by atoms with Crippen molar-refractivity contribution >= 4 is 23.3 Å². The van der Waals surface area contributed by atoms with Crippen molar-refractivity contribution in [3.63, 3.8) is 0 Å². The van der Waals surface area contributed by atoms with E-state index in [1.54, 1.807) is 24.3 Å². The van der Waals surface area contributed by atoms with E-state index in [0.717, 1.165) is 11.3 Å². The summed E-state index contributed by atoms with van der Waals surface area (Å²) in [6, 6.07) is 28.0. The second-order valence-electron chi connectivity index (χ2n) is 6.96. The molecule has 0 saturated heterocycles. The first-order chi connectivity index (χ1) is 14.6. The van der Waals surface area contributed by atoms with Crippen molar-refractivity contribution in [2.24, 2.45) is 10.8 Å². The highest BCUT2D eigenvalue weighted by Gasteiger charge is 2.35. The zero-order valence-electron chi connectivity index (χ0n) is 16.2. The molecule has 3 aromatic carbocycles. The smallest absolute Gasteiger partial charge is 0.355 e. The maximum atomic E-state index is 12.9. The topological polar surface area (TPSA) is 85.0 Å². The number of esters is 1. The first-order valence-electron chi connectivity index (χ1n) is 9.65. The highest BCUT2D eigenvalue weighted by molar-refractivity contribution is 6.37. The summed E-state index contributed by atoms with van der Waals surface area (Å²) in [5, 5.41) is 6.36. The molecule has 2 atom stereocenters. The number of carbonyl (C=O) groups is 2. The van der Waals surface area contributed by atoms with Crippen molar-refractivity contribution in [3.05, 3.63) is 102 Å². The van der Waals surface area contributed by atoms with E-state index in [1.165, 1.54) is 0 Å². The molecule has 6 nitrogen and oxygen atoms in total. The van der Waals surface area contributed by atoms with E-state index >= 15 is 0 Å². The summed E-state index contributed by atoms with van der Waals surface area (Å²) in [6.45, 7) is 0. The summed E-state index contributed by atoms with van der Waals surface area (Å²) in [7, 11) is 0. The predicted molar refractivity (Wildman–Crippen MR) is 115 cm³/mol. The highest BCUT2D eigenvalue weighted by Crippen LogP contribution is 2.35. The lowest BCUT2D eigenvalue weighted by Gasteiger charge is -2.23. The minimum absolute atomic E-state index is 0.153. The van der Waals surface area contributed by atoms with Crippen LogP contribution in [0.15, 0.2) is 96.1 Å². The molecular formula is C24H21N3O3. The average Bonchev–Trinajstić information content (AvgIpc) is 3.24. The molecule has 1 heterocycles. The number of amides is 1. The minimum atomic E-state index is -1.16. The number of nitrogens with zero attached hydrogens (tertiary/aromatic N) is 2. The molecule has 150 valence electrons. The van der Waals surface area contributed by atoms with Gasteiger partial charge >= 0.3 is 5.97 Å². The number of hydrazone groups is 1. The molecule has 0 bridgehead atoms. The van der Waals surface area contributed by atoms with Crippen LogP contribution in [0.1, 0.15) is 29.7 Å². The fourth-order valence-corrected chi connectivity index (χ4v) is 3.48. The summed E-state index contributed by atoms with van der Waals surface area (Å²) in [5.41, 5.74) is 8.15. The van der Waals surface area contributed by atoms with Gasteiger partial charge in [-0.3, -0.25) is 9.80 Å². The van der Waals surface area contributed by atoms with Crippen LogP contribution in [0, 0.1) is 0 Å². The van der Waals surface area contributed by atoms with Gasteiger partial charge in [-0.2, -0.15) is 5.10 Å². The monoisotopic (exact) mass is 399 g/mol. The second kappa shape index (κ2) is 8.61. The molecule has 3 aromatic rings. The van der Waals surface area contributed by atoms with Crippen LogP contribution >= 0.6 is 0 Å². The van der Waals surface area contributed by atoms with Gasteiger partial charge in [-0.15, -0.1) is 0 Å². The van der Waals surface area contributed by atoms with E-state index in [1.807, 2.05) is 71.7 Å². The standard InChI is InChI=1S/C24H21N3O3/c25-23(28)22(18-12-6-2-7-13-18)30-24(29)20-16-21(17-10-4-1-5-11-17)27(26-20)19-14-8-3-9-15-19/h1-15,21-22H,16H2,(H2,25,28). The van der Waals surface area contributed by atoms with Gasteiger partial charge in [0.2, 0.25) is 6.10 Å². The van der Waals surface area contributed by atoms with Crippen molar-refractivity contribution in [1.82, 2.24) is 0 Å². The Morgan fingerprint density at radius 1 is 0.900 bits per heavy atom. The van der Waals surface area contributed by atoms with Crippen LogP contribution in [0.4, 0.5) is 5.69 Å². The van der Waals surface area contributed by atoms with Crippen LogP contribution in [-0.4, -0.2) is 17.6 Å². The first kappa shape index (κ1) is 19.4. The maximum Gasteiger partial charge on any atom is 0.355 e. The fourth-order valence-electron chi connectivity index (χ4n) is 3.48. The van der Waals surface area contributed by atoms with Gasteiger partial charge < -0.3 is 10.5 Å². The van der Waals surface area contributed by atoms with Crippen molar-refractivity contribution in [1.29, 1.82) is 0 Å². The van der Waals surface area contributed by atoms with Gasteiger partial charge in [0.25, 0.3) is 5.91 Å². The van der Waals surface area contributed by atoms with Gasteiger partial charge in [0.1, 0.15) is 5.71 Å². The first-order valence-corrected chi connectivity index (χ1v) is 9.65. The SMILES string of the molecule is NC(=O)C(OC(=O)C1=NN(c2ccccc2)C(c2ccccc2)C1)c1ccccc1. The number of benzene rings is 3. The summed E-state index contributed by atoms with van der Waals surface area (Å²) in [6.07, 6.45) is -0.805. The normalized spacial score (nSPS) is 16.6. The third-order valence-electron chi connectivity index (χ3n) is 4.94. The Bertz CT molecular complexity index is 1050. The zero-order chi connectivity index (χ0) is 20.9. The van der Waals surface area contributed by atoms with Gasteiger partial charge in [0, 0.05) is 12.0 Å². The van der Waals surface area contributed by atoms with Gasteiger partial charge in [-0.1, -0.05) is 78.9 Å². The van der Waals surface area contributed by atoms with Gasteiger partial charge in [-0.25, -0.2) is 4.79 Å². The van der Waals surface area contributed by atoms with Gasteiger partial charge in [0.15, 0.2) is 0 Å². The minimum Gasteiger partial charge on any atom is -0.443 e. The molecule has 4 rings (SSSR count). The van der Waals surface area contributed by atoms with E-state index < -0.39 is 18.0 Å². The molecule has 0 spiro atoms. The summed E-state index contributed by atoms with van der Waals surface area (Å²) in [5.74, 6) is -1.38. The largest absolute Gasteiger partial charge is 0.443 e. The van der Waals surface area contributed by atoms with Crippen molar-refractivity contribution in [2.75, 3.05) is 5.01 Å². The molecule has 0 aromatic heterocycles. The van der Waals surface area contributed by atoms with E-state index in [2.05, 4.69) is 5.10 Å². The number of para-hydroxylation sites is 1. The number of primary amides is 1. The Morgan fingerprint density at radius 3 is 2.07 bits per heavy atom. The summed E-state index contributed by atoms with van der Waals surface area (Å²) in [4.78, 5) is 24.8. The summed E-state index contributed by atoms with van der Waals surface area (Å²) < 4.78 is 5.48. The Morgan fingerprint density at radius 2 is 1.47 bits per heavy atom. The van der Waals surface area contributed by atoms with E-state index in [0.29, 0.717) is 12.0 Å². The Hall–Kier alpha value is -3.93. The molecule has 2 unspecified atom stereocenters. The van der Waals surface area contributed by atoms with Crippen LogP contribution in [-0.2, 0) is 14.3 Å². The van der Waals surface area contributed by atoms with Crippen LogP contribution in [0.5, 0.6) is 0 Å². The van der Waals surface area contributed by atoms with Gasteiger partial charge in [-0.05, 0) is 17.7 Å². The van der Waals surface area contributed by atoms with Crippen molar-refractivity contribution in [2.45, 2.75) is 18.6 Å². The number of rotatable bonds is 6. The molecule has 6 heteroatoms. The predicted octanol–water partition coefficient (Wildman–Crippen LogP) is 3.76. The van der Waals surface area contributed by atoms with Crippen LogP contribution in [0.25, 0.3) is 0 Å². The van der Waals surface area contributed by atoms with Crippen LogP contribution in [0.2, 0.25) is 0 Å². The molecule has 2 N–H and O–H groups in total. The van der Waals surface area contributed by atoms with Crippen LogP contribution < -0.4 is 10.7 Å². The molecular weight excluding hydrogens is 378 g/mol. The molecule has 0 fully saturated rings. The number of nitrogens with two attached hydrogens (primary N) is 1. The Kier molecular flexibility index (Phi) is 5.57. The fraction of sp³-hybridized carbons (Fsp3) is 0.125. The zero-order valence-corrected chi connectivity index (χ0v) is 16.2. The van der Waals surface area contributed by atoms with E-state index in [9.17, 15) is 9.59 Å². The van der Waals surface area contributed by atoms with E-state index in [-0.39, 0.29) is 11.8 Å². The number of hydrogen-bond acceptors (Lipinski definition) is 5. The molecule has 0 aliphatic carbocycles. The highest BCUT2D eigenvalue weighted by atomic mass is 16.5. The lowest BCUT2D eigenvalue weighted by Crippen LogP contribution is -2.28. The third-order valence-corrected chi connectivity index (χ3v) is 4.94. The number of carbonyl (C=O) groups excluding carboxylic acids is 2. The lowest BCUT2D eigenvalue weighted by molar-refractivity contribution is -0.148. The van der Waals surface area contributed by atoms with Crippen molar-refractivity contribution < 1.29 is 14.3 Å². The Balaban J connectivity index is 1.61. The number of ether oxygens (including phenoxy) is 1. The molecule has 0 saturated carbocycles. The van der Waals surface area contributed by atoms with E-state index in [4.69, 9.17) is 10.5 Å². The quantitative estimate of drug-likeness (QED) is 0.640. The lowest BCUT2D eigenvalue weighted by atomic mass is 10.0. The summed E-state index contributed by atoms with van der Waals surface area (Å²) >= 11 is 0. The third kappa shape index (κ3) is 4.07. The number of hydrogen-bond donors (Lipinski definition) is 1. The van der Waals surface area contributed by atoms with Crippen LogP contribution in [0.3, 0.4) is 0 Å². The molecule has 30 heavy (non-hydrogen) atoms. The van der Waals surface area contributed by atoms with Crippen molar-refractivity contribution in [3.8, 4) is 0 Å². The number of anilines is 1. The second-order valence-corrected chi connectivity index (χ2v) is 6.96. The molecule has 1 amide bonds. The van der Waals surface area contributed by atoms with Gasteiger partial charge in [0.05, 0.1) is 11.7 Å². The Labute approximate surface area is 174 Å². The molecule has 1 aliphatic rings. The average molecular weight is 399 g/mol. The molecule has 0 radical (unpaired) electrons. The molecule has 1 aliphatic heterocycles.